The number of hydrogen-bond acceptors (Lipinski definition) is 5. The number of nitrogens with one attached hydrogen (secondary N) is 4. The Kier molecular flexibility index (Phi) is 11.9. The van der Waals surface area contributed by atoms with Crippen LogP contribution in [0.3, 0.4) is 0 Å². The summed E-state index contributed by atoms with van der Waals surface area (Å²) in [6, 6.07) is 2.22. The highest BCUT2D eigenvalue weighted by Crippen LogP contribution is 2.19. The highest BCUT2D eigenvalue weighted by atomic mass is 127. The summed E-state index contributed by atoms with van der Waals surface area (Å²) in [5, 5.41) is 12.5. The van der Waals surface area contributed by atoms with Gasteiger partial charge in [-0.1, -0.05) is 0 Å². The number of furan rings is 1. The quantitative estimate of drug-likeness (QED) is 0.175. The average molecular weight is 563 g/mol. The van der Waals surface area contributed by atoms with Gasteiger partial charge >= 0.3 is 6.09 Å². The summed E-state index contributed by atoms with van der Waals surface area (Å²) < 4.78 is 10.5. The zero-order valence-electron chi connectivity index (χ0n) is 19.7. The monoisotopic (exact) mass is 563 g/mol. The van der Waals surface area contributed by atoms with E-state index in [1.54, 1.807) is 13.1 Å². The fraction of sp³-hybridized carbons (Fsp3) is 0.682. The van der Waals surface area contributed by atoms with E-state index in [0.29, 0.717) is 24.9 Å². The molecular formula is C22H38IN5O4. The van der Waals surface area contributed by atoms with E-state index in [-0.39, 0.29) is 42.0 Å². The number of amides is 2. The number of guanidine groups is 1. The number of aliphatic imine (C=N–C) groups is 1. The maximum atomic E-state index is 12.0. The van der Waals surface area contributed by atoms with E-state index in [1.165, 1.54) is 6.26 Å². The number of ether oxygens (including phenoxy) is 1. The van der Waals surface area contributed by atoms with E-state index in [4.69, 9.17) is 9.15 Å². The smallest absolute Gasteiger partial charge is 0.407 e. The Labute approximate surface area is 207 Å². The topological polar surface area (TPSA) is 117 Å². The molecule has 4 N–H and O–H groups in total. The summed E-state index contributed by atoms with van der Waals surface area (Å²) in [5.74, 6) is 0.917. The molecule has 2 amide bonds. The predicted molar refractivity (Wildman–Crippen MR) is 136 cm³/mol. The van der Waals surface area contributed by atoms with Crippen molar-refractivity contribution < 1.29 is 18.7 Å². The average Bonchev–Trinajstić information content (AvgIpc) is 3.12. The number of nitrogens with zero attached hydrogens (tertiary/aromatic N) is 1. The van der Waals surface area contributed by atoms with Crippen LogP contribution >= 0.6 is 24.0 Å². The fourth-order valence-corrected chi connectivity index (χ4v) is 3.43. The normalized spacial score (nSPS) is 18.8. The number of carbonyl (C=O) groups is 2. The molecule has 0 radical (unpaired) electrons. The Bertz CT molecular complexity index is 752. The summed E-state index contributed by atoms with van der Waals surface area (Å²) >= 11 is 0. The van der Waals surface area contributed by atoms with Crippen molar-refractivity contribution in [2.75, 3.05) is 20.1 Å². The van der Waals surface area contributed by atoms with Gasteiger partial charge in [0.15, 0.2) is 11.7 Å². The molecule has 0 atom stereocenters. The van der Waals surface area contributed by atoms with Crippen LogP contribution < -0.4 is 21.3 Å². The van der Waals surface area contributed by atoms with Crippen molar-refractivity contribution in [1.29, 1.82) is 0 Å². The van der Waals surface area contributed by atoms with Gasteiger partial charge in [-0.2, -0.15) is 0 Å². The fourth-order valence-electron chi connectivity index (χ4n) is 3.43. The lowest BCUT2D eigenvalue weighted by Gasteiger charge is -2.31. The molecule has 1 aliphatic rings. The minimum absolute atomic E-state index is 0. The molecule has 0 spiro atoms. The maximum absolute atomic E-state index is 12.0. The summed E-state index contributed by atoms with van der Waals surface area (Å²) in [4.78, 5) is 28.2. The largest absolute Gasteiger partial charge is 0.459 e. The molecule has 10 heteroatoms. The zero-order chi connectivity index (χ0) is 22.9. The van der Waals surface area contributed by atoms with Crippen LogP contribution in [-0.2, 0) is 4.74 Å². The Hall–Kier alpha value is -1.98. The van der Waals surface area contributed by atoms with Gasteiger partial charge in [0.05, 0.1) is 6.26 Å². The first-order valence-corrected chi connectivity index (χ1v) is 11.0. The molecule has 9 nitrogen and oxygen atoms in total. The van der Waals surface area contributed by atoms with Crippen molar-refractivity contribution in [2.45, 2.75) is 77.5 Å². The highest BCUT2D eigenvalue weighted by Gasteiger charge is 2.25. The molecule has 1 aliphatic carbocycles. The number of carbonyl (C=O) groups excluding carboxylic acids is 2. The van der Waals surface area contributed by atoms with Crippen LogP contribution in [-0.4, -0.2) is 55.8 Å². The number of hydrogen-bond donors (Lipinski definition) is 4. The number of halogens is 1. The van der Waals surface area contributed by atoms with Crippen LogP contribution in [0.1, 0.15) is 69.0 Å². The van der Waals surface area contributed by atoms with Crippen LogP contribution in [0.2, 0.25) is 0 Å². The van der Waals surface area contributed by atoms with Crippen LogP contribution in [0.5, 0.6) is 0 Å². The third-order valence-electron chi connectivity index (χ3n) is 5.01. The molecule has 1 fully saturated rings. The zero-order valence-corrected chi connectivity index (χ0v) is 22.1. The van der Waals surface area contributed by atoms with Crippen LogP contribution in [0.15, 0.2) is 21.7 Å². The second-order valence-electron chi connectivity index (χ2n) is 8.88. The number of rotatable bonds is 7. The summed E-state index contributed by atoms with van der Waals surface area (Å²) in [7, 11) is 1.74. The van der Waals surface area contributed by atoms with Gasteiger partial charge in [-0.3, -0.25) is 9.79 Å². The molecule has 0 bridgehead atoms. The molecule has 1 heterocycles. The molecular weight excluding hydrogens is 525 g/mol. The van der Waals surface area contributed by atoms with E-state index in [2.05, 4.69) is 26.3 Å². The second kappa shape index (κ2) is 13.5. The molecule has 0 aromatic carbocycles. The van der Waals surface area contributed by atoms with E-state index >= 15 is 0 Å². The summed E-state index contributed by atoms with van der Waals surface area (Å²) in [6.07, 6.45) is 5.61. The minimum Gasteiger partial charge on any atom is -0.459 e. The third-order valence-corrected chi connectivity index (χ3v) is 5.01. The third kappa shape index (κ3) is 10.1. The molecule has 1 saturated carbocycles. The van der Waals surface area contributed by atoms with Crippen molar-refractivity contribution in [3.05, 3.63) is 23.7 Å². The van der Waals surface area contributed by atoms with Crippen molar-refractivity contribution in [1.82, 2.24) is 21.3 Å². The van der Waals surface area contributed by atoms with Crippen LogP contribution in [0.4, 0.5) is 4.79 Å². The van der Waals surface area contributed by atoms with Gasteiger partial charge in [0, 0.05) is 37.8 Å². The molecule has 0 saturated heterocycles. The van der Waals surface area contributed by atoms with Gasteiger partial charge in [0.1, 0.15) is 5.60 Å². The maximum Gasteiger partial charge on any atom is 0.407 e. The highest BCUT2D eigenvalue weighted by molar-refractivity contribution is 14.0. The van der Waals surface area contributed by atoms with Crippen molar-refractivity contribution in [2.24, 2.45) is 4.99 Å². The first kappa shape index (κ1) is 28.1. The van der Waals surface area contributed by atoms with Crippen molar-refractivity contribution in [3.8, 4) is 0 Å². The molecule has 0 aliphatic heterocycles. The molecule has 1 aromatic heterocycles. The summed E-state index contributed by atoms with van der Waals surface area (Å²) in [5.41, 5.74) is 0.345. The van der Waals surface area contributed by atoms with Gasteiger partial charge in [-0.15, -0.1) is 24.0 Å². The molecule has 1 aromatic rings. The van der Waals surface area contributed by atoms with Gasteiger partial charge in [-0.25, -0.2) is 4.79 Å². The van der Waals surface area contributed by atoms with Gasteiger partial charge < -0.3 is 30.4 Å². The number of alkyl carbamates (subject to hydrolysis) is 1. The van der Waals surface area contributed by atoms with Gasteiger partial charge in [-0.05, 0) is 65.9 Å². The van der Waals surface area contributed by atoms with E-state index in [9.17, 15) is 9.59 Å². The molecule has 182 valence electrons. The van der Waals surface area contributed by atoms with Crippen molar-refractivity contribution >= 4 is 41.9 Å². The Morgan fingerprint density at radius 2 is 1.69 bits per heavy atom. The van der Waals surface area contributed by atoms with Crippen molar-refractivity contribution in [3.63, 3.8) is 0 Å². The van der Waals surface area contributed by atoms with E-state index in [1.807, 2.05) is 27.7 Å². The lowest BCUT2D eigenvalue weighted by molar-refractivity contribution is 0.0490. The van der Waals surface area contributed by atoms with Gasteiger partial charge in [0.2, 0.25) is 0 Å². The SMILES string of the molecule is CN=C(NCCCNC(=O)c1occc1C)NC1CCC(NC(=O)OC(C)(C)C)CC1.I. The first-order chi connectivity index (χ1) is 14.7. The lowest BCUT2D eigenvalue weighted by Crippen LogP contribution is -2.48. The number of aryl methyl sites for hydroxylation is 1. The van der Waals surface area contributed by atoms with Crippen LogP contribution in [0.25, 0.3) is 0 Å². The summed E-state index contributed by atoms with van der Waals surface area (Å²) in [6.45, 7) is 8.66. The lowest BCUT2D eigenvalue weighted by atomic mass is 9.91. The standard InChI is InChI=1S/C22H37N5O4.HI/c1-15-11-14-30-18(15)19(28)24-12-6-13-25-20(23-5)26-16-7-9-17(10-8-16)27-21(29)31-22(2,3)4;/h11,14,16-17H,6-10,12-13H2,1-5H3,(H,24,28)(H,27,29)(H2,23,25,26);1H. The molecule has 32 heavy (non-hydrogen) atoms. The molecule has 2 rings (SSSR count). The van der Waals surface area contributed by atoms with Crippen LogP contribution in [0, 0.1) is 6.92 Å². The molecule has 0 unspecified atom stereocenters. The van der Waals surface area contributed by atoms with E-state index < -0.39 is 5.60 Å². The Morgan fingerprint density at radius 1 is 1.09 bits per heavy atom. The first-order valence-electron chi connectivity index (χ1n) is 11.0. The van der Waals surface area contributed by atoms with Gasteiger partial charge in [0.25, 0.3) is 5.91 Å². The van der Waals surface area contributed by atoms with E-state index in [0.717, 1.165) is 43.6 Å². The second-order valence-corrected chi connectivity index (χ2v) is 8.88. The predicted octanol–water partition coefficient (Wildman–Crippen LogP) is 3.33. The Balaban J connectivity index is 0.00000512. The minimum atomic E-state index is -0.485. The Morgan fingerprint density at radius 3 is 2.22 bits per heavy atom.